The molecule has 1 N–H and O–H groups in total. The molecule has 0 aromatic heterocycles. The van der Waals surface area contributed by atoms with Gasteiger partial charge in [0.15, 0.2) is 0 Å². The molecule has 1 atom stereocenters. The van der Waals surface area contributed by atoms with Crippen molar-refractivity contribution in [2.75, 3.05) is 19.8 Å². The van der Waals surface area contributed by atoms with Crippen LogP contribution in [0.3, 0.4) is 0 Å². The van der Waals surface area contributed by atoms with Gasteiger partial charge in [-0.25, -0.2) is 0 Å². The first-order valence-corrected chi connectivity index (χ1v) is 7.66. The summed E-state index contributed by atoms with van der Waals surface area (Å²) in [4.78, 5) is 0. The second kappa shape index (κ2) is 9.60. The van der Waals surface area contributed by atoms with Crippen molar-refractivity contribution in [3.05, 3.63) is 33.8 Å². The molecule has 0 spiro atoms. The maximum absolute atomic E-state index is 6.01. The van der Waals surface area contributed by atoms with Gasteiger partial charge in [-0.2, -0.15) is 0 Å². The molecular formula is C15H23Cl2NO. The molecule has 0 aliphatic carbocycles. The van der Waals surface area contributed by atoms with Gasteiger partial charge in [-0.1, -0.05) is 42.6 Å². The van der Waals surface area contributed by atoms with Crippen LogP contribution in [0.5, 0.6) is 0 Å². The van der Waals surface area contributed by atoms with E-state index in [-0.39, 0.29) is 6.04 Å². The minimum absolute atomic E-state index is 0.269. The van der Waals surface area contributed by atoms with Gasteiger partial charge in [-0.05, 0) is 44.0 Å². The zero-order valence-corrected chi connectivity index (χ0v) is 13.2. The van der Waals surface area contributed by atoms with E-state index in [9.17, 15) is 0 Å². The van der Waals surface area contributed by atoms with Crippen molar-refractivity contribution in [3.63, 3.8) is 0 Å². The number of rotatable bonds is 9. The van der Waals surface area contributed by atoms with Gasteiger partial charge in [0.1, 0.15) is 0 Å². The fourth-order valence-electron chi connectivity index (χ4n) is 1.74. The van der Waals surface area contributed by atoms with E-state index in [0.717, 1.165) is 38.2 Å². The Morgan fingerprint density at radius 2 is 1.89 bits per heavy atom. The third-order valence-corrected chi connectivity index (χ3v) is 3.74. The smallest absolute Gasteiger partial charge is 0.0595 e. The Bertz CT molecular complexity index is 371. The predicted molar refractivity (Wildman–Crippen MR) is 83.2 cm³/mol. The predicted octanol–water partition coefficient (Wildman–Crippen LogP) is 4.85. The van der Waals surface area contributed by atoms with Crippen molar-refractivity contribution in [1.82, 2.24) is 5.32 Å². The van der Waals surface area contributed by atoms with Crippen molar-refractivity contribution in [1.29, 1.82) is 0 Å². The van der Waals surface area contributed by atoms with Gasteiger partial charge in [0.05, 0.1) is 10.0 Å². The number of halogens is 2. The van der Waals surface area contributed by atoms with E-state index >= 15 is 0 Å². The van der Waals surface area contributed by atoms with E-state index in [1.165, 1.54) is 6.42 Å². The summed E-state index contributed by atoms with van der Waals surface area (Å²) in [6.45, 7) is 6.93. The zero-order chi connectivity index (χ0) is 14.1. The van der Waals surface area contributed by atoms with Crippen LogP contribution in [0.2, 0.25) is 10.0 Å². The van der Waals surface area contributed by atoms with Crippen LogP contribution in [-0.2, 0) is 4.74 Å². The van der Waals surface area contributed by atoms with Crippen molar-refractivity contribution in [2.24, 2.45) is 0 Å². The lowest BCUT2D eigenvalue weighted by atomic mass is 10.1. The van der Waals surface area contributed by atoms with Crippen LogP contribution in [0.25, 0.3) is 0 Å². The maximum Gasteiger partial charge on any atom is 0.0595 e. The van der Waals surface area contributed by atoms with Gasteiger partial charge in [0.25, 0.3) is 0 Å². The minimum atomic E-state index is 0.269. The number of hydrogen-bond acceptors (Lipinski definition) is 2. The van der Waals surface area contributed by atoms with Gasteiger partial charge >= 0.3 is 0 Å². The largest absolute Gasteiger partial charge is 0.381 e. The summed E-state index contributed by atoms with van der Waals surface area (Å²) in [5, 5.41) is 4.66. The summed E-state index contributed by atoms with van der Waals surface area (Å²) in [5.41, 5.74) is 1.15. The molecule has 2 nitrogen and oxygen atoms in total. The topological polar surface area (TPSA) is 21.3 Å². The van der Waals surface area contributed by atoms with Crippen LogP contribution in [0.15, 0.2) is 18.2 Å². The number of nitrogens with one attached hydrogen (secondary N) is 1. The van der Waals surface area contributed by atoms with E-state index < -0.39 is 0 Å². The highest BCUT2D eigenvalue weighted by Gasteiger charge is 2.06. The van der Waals surface area contributed by atoms with Crippen LogP contribution >= 0.6 is 23.2 Å². The lowest BCUT2D eigenvalue weighted by Gasteiger charge is -2.15. The fraction of sp³-hybridized carbons (Fsp3) is 0.600. The molecule has 4 heteroatoms. The second-order valence-corrected chi connectivity index (χ2v) is 5.48. The van der Waals surface area contributed by atoms with Gasteiger partial charge in [-0.3, -0.25) is 0 Å². The molecule has 0 saturated heterocycles. The average Bonchev–Trinajstić information content (AvgIpc) is 2.40. The van der Waals surface area contributed by atoms with Gasteiger partial charge in [0, 0.05) is 19.3 Å². The van der Waals surface area contributed by atoms with Crippen molar-refractivity contribution >= 4 is 23.2 Å². The molecular weight excluding hydrogens is 281 g/mol. The lowest BCUT2D eigenvalue weighted by Crippen LogP contribution is -2.21. The number of ether oxygens (including phenoxy) is 1. The Morgan fingerprint density at radius 3 is 2.58 bits per heavy atom. The highest BCUT2D eigenvalue weighted by atomic mass is 35.5. The number of hydrogen-bond donors (Lipinski definition) is 1. The summed E-state index contributed by atoms with van der Waals surface area (Å²) in [5.74, 6) is 0. The second-order valence-electron chi connectivity index (χ2n) is 4.67. The molecule has 1 unspecified atom stereocenters. The Balaban J connectivity index is 2.20. The Kier molecular flexibility index (Phi) is 8.47. The standard InChI is InChI=1S/C15H23Cl2NO/c1-3-4-9-19-10-5-8-18-12(2)13-6-7-14(16)15(17)11-13/h6-7,11-12,18H,3-5,8-10H2,1-2H3. The number of benzene rings is 1. The van der Waals surface area contributed by atoms with Crippen LogP contribution in [-0.4, -0.2) is 19.8 Å². The summed E-state index contributed by atoms with van der Waals surface area (Å²) in [6, 6.07) is 6.03. The average molecular weight is 304 g/mol. The lowest BCUT2D eigenvalue weighted by molar-refractivity contribution is 0.128. The van der Waals surface area contributed by atoms with Gasteiger partial charge < -0.3 is 10.1 Å². The Morgan fingerprint density at radius 1 is 1.16 bits per heavy atom. The molecule has 0 aliphatic rings. The molecule has 0 aliphatic heterocycles. The van der Waals surface area contributed by atoms with Crippen LogP contribution in [0.1, 0.15) is 44.7 Å². The molecule has 1 aromatic rings. The van der Waals surface area contributed by atoms with Crippen LogP contribution in [0.4, 0.5) is 0 Å². The minimum Gasteiger partial charge on any atom is -0.381 e. The molecule has 0 fully saturated rings. The van der Waals surface area contributed by atoms with Crippen molar-refractivity contribution < 1.29 is 4.74 Å². The van der Waals surface area contributed by atoms with E-state index in [0.29, 0.717) is 10.0 Å². The maximum atomic E-state index is 6.01. The third-order valence-electron chi connectivity index (χ3n) is 3.00. The normalized spacial score (nSPS) is 12.6. The highest BCUT2D eigenvalue weighted by molar-refractivity contribution is 6.42. The van der Waals surface area contributed by atoms with E-state index in [1.807, 2.05) is 18.2 Å². The SMILES string of the molecule is CCCCOCCCNC(C)c1ccc(Cl)c(Cl)c1. The molecule has 1 aromatic carbocycles. The summed E-state index contributed by atoms with van der Waals surface area (Å²) < 4.78 is 5.52. The van der Waals surface area contributed by atoms with Crippen LogP contribution < -0.4 is 5.32 Å². The molecule has 1 rings (SSSR count). The first-order chi connectivity index (χ1) is 9.15. The zero-order valence-electron chi connectivity index (χ0n) is 11.7. The van der Waals surface area contributed by atoms with Crippen molar-refractivity contribution in [2.45, 2.75) is 39.2 Å². The van der Waals surface area contributed by atoms with Crippen LogP contribution in [0, 0.1) is 0 Å². The molecule has 0 bridgehead atoms. The quantitative estimate of drug-likeness (QED) is 0.658. The van der Waals surface area contributed by atoms with Gasteiger partial charge in [-0.15, -0.1) is 0 Å². The molecule has 19 heavy (non-hydrogen) atoms. The monoisotopic (exact) mass is 303 g/mol. The molecule has 0 saturated carbocycles. The first kappa shape index (κ1) is 16.8. The van der Waals surface area contributed by atoms with E-state index in [2.05, 4.69) is 19.2 Å². The number of unbranched alkanes of at least 4 members (excludes halogenated alkanes) is 1. The van der Waals surface area contributed by atoms with Gasteiger partial charge in [0.2, 0.25) is 0 Å². The molecule has 0 radical (unpaired) electrons. The highest BCUT2D eigenvalue weighted by Crippen LogP contribution is 2.25. The summed E-state index contributed by atoms with van der Waals surface area (Å²) >= 11 is 11.9. The molecule has 0 amide bonds. The summed E-state index contributed by atoms with van der Waals surface area (Å²) in [6.07, 6.45) is 3.36. The van der Waals surface area contributed by atoms with E-state index in [1.54, 1.807) is 0 Å². The van der Waals surface area contributed by atoms with Crippen molar-refractivity contribution in [3.8, 4) is 0 Å². The Hall–Kier alpha value is -0.280. The Labute approximate surface area is 126 Å². The molecule has 108 valence electrons. The van der Waals surface area contributed by atoms with E-state index in [4.69, 9.17) is 27.9 Å². The molecule has 0 heterocycles. The fourth-order valence-corrected chi connectivity index (χ4v) is 2.05. The first-order valence-electron chi connectivity index (χ1n) is 6.91. The summed E-state index contributed by atoms with van der Waals surface area (Å²) in [7, 11) is 0. The third kappa shape index (κ3) is 6.62.